The molecular weight excluding hydrogens is 608 g/mol. The smallest absolute Gasteiger partial charge is 0.329 e. The van der Waals surface area contributed by atoms with Crippen molar-refractivity contribution < 1.29 is 83.9 Å². The van der Waals surface area contributed by atoms with Crippen molar-refractivity contribution in [3.8, 4) is 0 Å². The van der Waals surface area contributed by atoms with Crippen LogP contribution >= 0.6 is 0 Å². The van der Waals surface area contributed by atoms with E-state index in [1.807, 2.05) is 0 Å². The molecule has 45 heavy (non-hydrogen) atoms. The molecule has 0 amide bonds. The number of carbonyl (C=O) groups is 1. The molecule has 3 aliphatic heterocycles. The Morgan fingerprint density at radius 3 is 1.40 bits per heavy atom. The highest BCUT2D eigenvalue weighted by Crippen LogP contribution is 2.31. The lowest BCUT2D eigenvalue weighted by atomic mass is 9.85. The van der Waals surface area contributed by atoms with Gasteiger partial charge in [-0.15, -0.1) is 0 Å². The predicted molar refractivity (Wildman–Crippen MR) is 149 cm³/mol. The van der Waals surface area contributed by atoms with Gasteiger partial charge in [-0.2, -0.15) is 0 Å². The van der Waals surface area contributed by atoms with Crippen molar-refractivity contribution in [3.63, 3.8) is 0 Å². The maximum atomic E-state index is 11.0. The van der Waals surface area contributed by atoms with Gasteiger partial charge in [0.25, 0.3) is 0 Å². The molecule has 17 heteroatoms. The number of aliphatic carboxylic acids is 1. The van der Waals surface area contributed by atoms with Crippen molar-refractivity contribution >= 4 is 5.97 Å². The van der Waals surface area contributed by atoms with Crippen LogP contribution in [-0.4, -0.2) is 192 Å². The summed E-state index contributed by atoms with van der Waals surface area (Å²) in [5.74, 6) is -3.46. The van der Waals surface area contributed by atoms with E-state index in [-0.39, 0.29) is 46.2 Å². The van der Waals surface area contributed by atoms with Crippen LogP contribution in [0.2, 0.25) is 0 Å². The summed E-state index contributed by atoms with van der Waals surface area (Å²) >= 11 is 0. The first-order chi connectivity index (χ1) is 21.5. The summed E-state index contributed by atoms with van der Waals surface area (Å²) < 4.78 is 38.9. The summed E-state index contributed by atoms with van der Waals surface area (Å²) in [4.78, 5) is 11.0. The summed E-state index contributed by atoms with van der Waals surface area (Å²) in [6, 6.07) is 0. The highest BCUT2D eigenvalue weighted by Gasteiger charge is 2.48. The number of rotatable bonds is 17. The molecular formula is C28H50O17. The zero-order valence-electron chi connectivity index (χ0n) is 25.5. The van der Waals surface area contributed by atoms with E-state index in [9.17, 15) is 45.6 Å². The Balaban J connectivity index is 1.60. The highest BCUT2D eigenvalue weighted by molar-refractivity contribution is 5.67. The van der Waals surface area contributed by atoms with Crippen LogP contribution in [0.25, 0.3) is 0 Å². The Morgan fingerprint density at radius 2 is 0.956 bits per heavy atom. The van der Waals surface area contributed by atoms with E-state index in [1.54, 1.807) is 6.92 Å². The second-order valence-corrected chi connectivity index (χ2v) is 11.8. The number of hydrogen-bond acceptors (Lipinski definition) is 16. The number of carboxylic acids is 1. The molecule has 264 valence electrons. The molecule has 9 N–H and O–H groups in total. The van der Waals surface area contributed by atoms with E-state index >= 15 is 0 Å². The van der Waals surface area contributed by atoms with Crippen molar-refractivity contribution in [2.45, 2.75) is 86.6 Å². The van der Waals surface area contributed by atoms with Crippen LogP contribution in [-0.2, 0) is 38.0 Å². The van der Waals surface area contributed by atoms with E-state index in [2.05, 4.69) is 0 Å². The fraction of sp³-hybridized carbons (Fsp3) is 0.964. The zero-order valence-corrected chi connectivity index (χ0v) is 25.5. The standard InChI is InChI=1S/C28H50O17/c1-3-13-16(4-29)43-20(27(37)23(13)33)10-41-7-15-18(9-42-12-22(31)32)45-21(28(38)25(15)35)11-40-6-14-17(5-30)44-19(8-39-2)26(36)24(14)34/h13-21,23-30,33-38H,3-12H2,1-2H3,(H,31,32)/t13-,14-,15-,16?,17?,18?,19-,20-,21-,23-,24-,25-,26?,27?,28?/m1/s1. The zero-order chi connectivity index (χ0) is 33.3. The molecule has 0 aromatic carbocycles. The maximum Gasteiger partial charge on any atom is 0.329 e. The van der Waals surface area contributed by atoms with Gasteiger partial charge < -0.3 is 79.1 Å². The van der Waals surface area contributed by atoms with Gasteiger partial charge in [-0.1, -0.05) is 6.92 Å². The molecule has 3 heterocycles. The minimum Gasteiger partial charge on any atom is -0.480 e. The average molecular weight is 659 g/mol. The van der Waals surface area contributed by atoms with E-state index in [0.29, 0.717) is 6.42 Å². The Kier molecular flexibility index (Phi) is 15.7. The van der Waals surface area contributed by atoms with Gasteiger partial charge in [0.1, 0.15) is 43.2 Å². The lowest BCUT2D eigenvalue weighted by Gasteiger charge is -2.44. The van der Waals surface area contributed by atoms with Gasteiger partial charge in [0.15, 0.2) is 0 Å². The first-order valence-electron chi connectivity index (χ1n) is 15.2. The van der Waals surface area contributed by atoms with E-state index in [0.717, 1.165) is 0 Å². The van der Waals surface area contributed by atoms with Crippen molar-refractivity contribution in [2.24, 2.45) is 17.8 Å². The largest absolute Gasteiger partial charge is 0.480 e. The summed E-state index contributed by atoms with van der Waals surface area (Å²) in [5.41, 5.74) is 0. The van der Waals surface area contributed by atoms with Crippen molar-refractivity contribution in [3.05, 3.63) is 0 Å². The van der Waals surface area contributed by atoms with Crippen LogP contribution in [0, 0.1) is 17.8 Å². The van der Waals surface area contributed by atoms with Gasteiger partial charge in [-0.05, 0) is 6.42 Å². The molecule has 0 spiro atoms. The fourth-order valence-electron chi connectivity index (χ4n) is 6.21. The van der Waals surface area contributed by atoms with Crippen LogP contribution in [0.5, 0.6) is 0 Å². The van der Waals surface area contributed by atoms with Crippen molar-refractivity contribution in [1.82, 2.24) is 0 Å². The van der Waals surface area contributed by atoms with Gasteiger partial charge in [0, 0.05) is 24.9 Å². The normalized spacial score (nSPS) is 42.5. The predicted octanol–water partition coefficient (Wildman–Crippen LogP) is -4.52. The third kappa shape index (κ3) is 9.71. The Hall–Kier alpha value is -1.13. The van der Waals surface area contributed by atoms with Crippen LogP contribution in [0.4, 0.5) is 0 Å². The van der Waals surface area contributed by atoms with E-state index < -0.39 is 110 Å². The second-order valence-electron chi connectivity index (χ2n) is 11.8. The molecule has 6 unspecified atom stereocenters. The molecule has 3 fully saturated rings. The van der Waals surface area contributed by atoms with Crippen molar-refractivity contribution in [1.29, 1.82) is 0 Å². The Morgan fingerprint density at radius 1 is 0.556 bits per heavy atom. The van der Waals surface area contributed by atoms with Crippen LogP contribution < -0.4 is 0 Å². The minimum absolute atomic E-state index is 0.00274. The molecule has 3 rings (SSSR count). The summed E-state index contributed by atoms with van der Waals surface area (Å²) in [6.45, 7) is -0.937. The first kappa shape index (κ1) is 38.3. The number of hydrogen-bond donors (Lipinski definition) is 9. The van der Waals surface area contributed by atoms with Crippen LogP contribution in [0.3, 0.4) is 0 Å². The quantitative estimate of drug-likeness (QED) is 0.0713. The van der Waals surface area contributed by atoms with Gasteiger partial charge in [0.05, 0.1) is 89.5 Å². The molecule has 3 aliphatic rings. The number of carboxylic acid groups (broad SMARTS) is 1. The topological polar surface area (TPSA) is 264 Å². The number of aliphatic hydroxyl groups excluding tert-OH is 8. The number of aliphatic hydroxyl groups is 8. The van der Waals surface area contributed by atoms with Crippen molar-refractivity contribution in [2.75, 3.05) is 66.6 Å². The average Bonchev–Trinajstić information content (AvgIpc) is 3.01. The molecule has 0 aliphatic carbocycles. The third-order valence-corrected chi connectivity index (χ3v) is 8.84. The molecule has 3 saturated heterocycles. The lowest BCUT2D eigenvalue weighted by Crippen LogP contribution is -2.59. The van der Waals surface area contributed by atoms with Gasteiger partial charge in [0.2, 0.25) is 0 Å². The maximum absolute atomic E-state index is 11.0. The van der Waals surface area contributed by atoms with Crippen LogP contribution in [0.1, 0.15) is 13.3 Å². The molecule has 0 saturated carbocycles. The monoisotopic (exact) mass is 658 g/mol. The molecule has 15 atom stereocenters. The van der Waals surface area contributed by atoms with Gasteiger partial charge in [-0.25, -0.2) is 4.79 Å². The molecule has 0 aromatic rings. The Bertz CT molecular complexity index is 863. The van der Waals surface area contributed by atoms with Crippen LogP contribution in [0.15, 0.2) is 0 Å². The van der Waals surface area contributed by atoms with Gasteiger partial charge >= 0.3 is 5.97 Å². The summed E-state index contributed by atoms with van der Waals surface area (Å²) in [6.07, 6.45) is -13.1. The number of ether oxygens (including phenoxy) is 7. The SMILES string of the molecule is CC[C@@H]1C(CO)O[C@H](COC[C@@H]2C(COCC(=O)O)O[C@H](COC[C@@H]3C(CO)O[C@H](COC)C(O)[C@@H]3O)C(O)[C@@H]2O)C(O)[C@@H]1O. The Labute approximate surface area is 261 Å². The first-order valence-corrected chi connectivity index (χ1v) is 15.2. The summed E-state index contributed by atoms with van der Waals surface area (Å²) in [7, 11) is 1.40. The third-order valence-electron chi connectivity index (χ3n) is 8.84. The minimum atomic E-state index is -1.49. The lowest BCUT2D eigenvalue weighted by molar-refractivity contribution is -0.249. The molecule has 17 nitrogen and oxygen atoms in total. The van der Waals surface area contributed by atoms with E-state index in [4.69, 9.17) is 38.3 Å². The molecule has 0 aromatic heterocycles. The number of methoxy groups -OCH3 is 1. The fourth-order valence-corrected chi connectivity index (χ4v) is 6.21. The second kappa shape index (κ2) is 18.4. The highest BCUT2D eigenvalue weighted by atomic mass is 16.6. The molecule has 0 bridgehead atoms. The van der Waals surface area contributed by atoms with E-state index in [1.165, 1.54) is 7.11 Å². The van der Waals surface area contributed by atoms with Gasteiger partial charge in [-0.3, -0.25) is 0 Å². The molecule has 0 radical (unpaired) electrons. The summed E-state index contributed by atoms with van der Waals surface area (Å²) in [5, 5.41) is 92.3.